The first-order chi connectivity index (χ1) is 8.70. The zero-order valence-corrected chi connectivity index (χ0v) is 11.4. The van der Waals surface area contributed by atoms with E-state index in [0.29, 0.717) is 12.3 Å². The third-order valence-corrected chi connectivity index (χ3v) is 3.62. The Hall–Kier alpha value is -1.42. The van der Waals surface area contributed by atoms with Gasteiger partial charge in [0.05, 0.1) is 5.69 Å². The molecule has 1 aliphatic rings. The smallest absolute Gasteiger partial charge is 0.251 e. The molecule has 1 aromatic carbocycles. The molecule has 1 saturated carbocycles. The predicted octanol–water partition coefficient (Wildman–Crippen LogP) is 3.00. The highest BCUT2D eigenvalue weighted by atomic mass is 79.9. The topological polar surface area (TPSA) is 45.8 Å². The van der Waals surface area contributed by atoms with E-state index in [0.717, 1.165) is 34.4 Å². The number of halogens is 1. The average molecular weight is 305 g/mol. The summed E-state index contributed by atoms with van der Waals surface area (Å²) in [7, 11) is 0. The number of rotatable bonds is 3. The first-order valence-corrected chi connectivity index (χ1v) is 6.84. The highest BCUT2D eigenvalue weighted by molar-refractivity contribution is 9.10. The van der Waals surface area contributed by atoms with Gasteiger partial charge in [0.1, 0.15) is 5.82 Å². The molecule has 0 bridgehead atoms. The van der Waals surface area contributed by atoms with Crippen molar-refractivity contribution in [2.75, 3.05) is 0 Å². The predicted molar refractivity (Wildman–Crippen MR) is 73.8 cm³/mol. The van der Waals surface area contributed by atoms with Crippen molar-refractivity contribution in [2.45, 2.75) is 25.2 Å². The van der Waals surface area contributed by atoms with Gasteiger partial charge in [0, 0.05) is 22.9 Å². The van der Waals surface area contributed by atoms with Crippen LogP contribution in [0.3, 0.4) is 0 Å². The maximum Gasteiger partial charge on any atom is 0.251 e. The zero-order valence-electron chi connectivity index (χ0n) is 9.82. The van der Waals surface area contributed by atoms with Gasteiger partial charge in [0.25, 0.3) is 5.56 Å². The Morgan fingerprint density at radius 2 is 2.00 bits per heavy atom. The Morgan fingerprint density at radius 1 is 1.28 bits per heavy atom. The summed E-state index contributed by atoms with van der Waals surface area (Å²) in [5.74, 6) is 1.27. The van der Waals surface area contributed by atoms with Crippen LogP contribution in [0, 0.1) is 0 Å². The van der Waals surface area contributed by atoms with E-state index in [2.05, 4.69) is 25.9 Å². The molecule has 1 aromatic heterocycles. The molecule has 0 unspecified atom stereocenters. The fraction of sp³-hybridized carbons (Fsp3) is 0.286. The molecule has 1 heterocycles. The highest BCUT2D eigenvalue weighted by Gasteiger charge is 2.25. The molecule has 0 atom stereocenters. The first-order valence-electron chi connectivity index (χ1n) is 6.05. The quantitative estimate of drug-likeness (QED) is 0.947. The van der Waals surface area contributed by atoms with Crippen molar-refractivity contribution in [3.05, 3.63) is 62.2 Å². The largest absolute Gasteiger partial charge is 0.310 e. The van der Waals surface area contributed by atoms with E-state index < -0.39 is 0 Å². The number of hydrogen-bond acceptors (Lipinski definition) is 2. The molecule has 3 rings (SSSR count). The number of nitrogens with zero attached hydrogens (tertiary/aromatic N) is 1. The van der Waals surface area contributed by atoms with Crippen LogP contribution in [-0.2, 0) is 6.42 Å². The molecule has 0 radical (unpaired) electrons. The maximum atomic E-state index is 11.6. The van der Waals surface area contributed by atoms with Gasteiger partial charge in [-0.15, -0.1) is 0 Å². The van der Waals surface area contributed by atoms with Crippen molar-refractivity contribution in [1.29, 1.82) is 0 Å². The van der Waals surface area contributed by atoms with Crippen LogP contribution in [-0.4, -0.2) is 9.97 Å². The van der Waals surface area contributed by atoms with Gasteiger partial charge in [-0.05, 0) is 30.5 Å². The molecule has 0 amide bonds. The molecule has 4 heteroatoms. The number of hydrogen-bond donors (Lipinski definition) is 1. The SMILES string of the molecule is O=c1cc(C2CC2)nc(Cc2ccc(Br)cc2)[nH]1. The molecule has 0 saturated heterocycles. The molecule has 0 aliphatic heterocycles. The van der Waals surface area contributed by atoms with Crippen LogP contribution in [0.1, 0.15) is 35.8 Å². The Labute approximate surface area is 113 Å². The Kier molecular flexibility index (Phi) is 3.04. The molecule has 1 aliphatic carbocycles. The summed E-state index contributed by atoms with van der Waals surface area (Å²) >= 11 is 3.41. The number of nitrogens with one attached hydrogen (secondary N) is 1. The summed E-state index contributed by atoms with van der Waals surface area (Å²) in [5.41, 5.74) is 2.05. The lowest BCUT2D eigenvalue weighted by Gasteiger charge is -2.04. The molecule has 18 heavy (non-hydrogen) atoms. The Morgan fingerprint density at radius 3 is 2.67 bits per heavy atom. The summed E-state index contributed by atoms with van der Waals surface area (Å²) in [4.78, 5) is 18.9. The van der Waals surface area contributed by atoms with Crippen LogP contribution in [0.25, 0.3) is 0 Å². The fourth-order valence-electron chi connectivity index (χ4n) is 2.00. The number of aromatic nitrogens is 2. The number of aromatic amines is 1. The Bertz CT molecular complexity index is 614. The van der Waals surface area contributed by atoms with Crippen LogP contribution in [0.4, 0.5) is 0 Å². The lowest BCUT2D eigenvalue weighted by Crippen LogP contribution is -2.12. The van der Waals surface area contributed by atoms with Crippen molar-refractivity contribution in [2.24, 2.45) is 0 Å². The van der Waals surface area contributed by atoms with Crippen LogP contribution in [0.5, 0.6) is 0 Å². The second kappa shape index (κ2) is 4.69. The van der Waals surface area contributed by atoms with Gasteiger partial charge in [0.15, 0.2) is 0 Å². The molecular formula is C14H13BrN2O. The molecule has 1 fully saturated rings. The second-order valence-corrected chi connectivity index (χ2v) is 5.61. The van der Waals surface area contributed by atoms with E-state index in [4.69, 9.17) is 0 Å². The van der Waals surface area contributed by atoms with Gasteiger partial charge in [-0.25, -0.2) is 4.98 Å². The Balaban J connectivity index is 1.87. The number of H-pyrrole nitrogens is 1. The maximum absolute atomic E-state index is 11.6. The third kappa shape index (κ3) is 2.70. The van der Waals surface area contributed by atoms with E-state index in [1.807, 2.05) is 24.3 Å². The van der Waals surface area contributed by atoms with E-state index in [9.17, 15) is 4.79 Å². The van der Waals surface area contributed by atoms with Crippen molar-refractivity contribution in [1.82, 2.24) is 9.97 Å². The van der Waals surface area contributed by atoms with Crippen molar-refractivity contribution in [3.63, 3.8) is 0 Å². The van der Waals surface area contributed by atoms with Gasteiger partial charge in [-0.2, -0.15) is 0 Å². The van der Waals surface area contributed by atoms with E-state index >= 15 is 0 Å². The van der Waals surface area contributed by atoms with E-state index in [1.54, 1.807) is 6.07 Å². The van der Waals surface area contributed by atoms with Crippen LogP contribution < -0.4 is 5.56 Å². The minimum absolute atomic E-state index is 0.0426. The van der Waals surface area contributed by atoms with Crippen LogP contribution in [0.2, 0.25) is 0 Å². The lowest BCUT2D eigenvalue weighted by atomic mass is 10.1. The van der Waals surface area contributed by atoms with E-state index in [1.165, 1.54) is 0 Å². The van der Waals surface area contributed by atoms with Crippen molar-refractivity contribution in [3.8, 4) is 0 Å². The molecule has 1 N–H and O–H groups in total. The van der Waals surface area contributed by atoms with Crippen molar-refractivity contribution >= 4 is 15.9 Å². The van der Waals surface area contributed by atoms with Gasteiger partial charge < -0.3 is 4.98 Å². The molecule has 92 valence electrons. The molecular weight excluding hydrogens is 292 g/mol. The fourth-order valence-corrected chi connectivity index (χ4v) is 2.26. The van der Waals surface area contributed by atoms with E-state index in [-0.39, 0.29) is 5.56 Å². The van der Waals surface area contributed by atoms with Crippen LogP contribution in [0.15, 0.2) is 39.6 Å². The number of benzene rings is 1. The summed E-state index contributed by atoms with van der Waals surface area (Å²) in [5, 5.41) is 0. The summed E-state index contributed by atoms with van der Waals surface area (Å²) in [6.07, 6.45) is 2.99. The van der Waals surface area contributed by atoms with Gasteiger partial charge in [-0.1, -0.05) is 28.1 Å². The minimum atomic E-state index is -0.0426. The van der Waals surface area contributed by atoms with Gasteiger partial charge in [0.2, 0.25) is 0 Å². The summed E-state index contributed by atoms with van der Waals surface area (Å²) < 4.78 is 1.06. The summed E-state index contributed by atoms with van der Waals surface area (Å²) in [6.45, 7) is 0. The molecule has 0 spiro atoms. The third-order valence-electron chi connectivity index (χ3n) is 3.09. The minimum Gasteiger partial charge on any atom is -0.310 e. The summed E-state index contributed by atoms with van der Waals surface area (Å²) in [6, 6.07) is 9.70. The standard InChI is InChI=1S/C14H13BrN2O/c15-11-5-1-9(2-6-11)7-13-16-12(10-3-4-10)8-14(18)17-13/h1-2,5-6,8,10H,3-4,7H2,(H,16,17,18). The molecule has 2 aromatic rings. The van der Waals surface area contributed by atoms with Gasteiger partial charge in [-0.3, -0.25) is 4.79 Å². The van der Waals surface area contributed by atoms with Gasteiger partial charge >= 0.3 is 0 Å². The van der Waals surface area contributed by atoms with Crippen molar-refractivity contribution < 1.29 is 0 Å². The second-order valence-electron chi connectivity index (χ2n) is 4.69. The highest BCUT2D eigenvalue weighted by Crippen LogP contribution is 2.38. The monoisotopic (exact) mass is 304 g/mol. The lowest BCUT2D eigenvalue weighted by molar-refractivity contribution is 0.882. The molecule has 3 nitrogen and oxygen atoms in total. The van der Waals surface area contributed by atoms with Crippen LogP contribution >= 0.6 is 15.9 Å². The average Bonchev–Trinajstić information content (AvgIpc) is 3.15. The first kappa shape index (κ1) is 11.7. The zero-order chi connectivity index (χ0) is 12.5. The normalized spacial score (nSPS) is 14.7.